The van der Waals surface area contributed by atoms with Crippen molar-refractivity contribution in [2.45, 2.75) is 12.8 Å². The van der Waals surface area contributed by atoms with Gasteiger partial charge in [-0.25, -0.2) is 0 Å². The third-order valence-corrected chi connectivity index (χ3v) is 4.37. The first kappa shape index (κ1) is 17.8. The molecule has 0 unspecified atom stereocenters. The maximum Gasteiger partial charge on any atom is 0.274 e. The molecule has 1 aliphatic rings. The van der Waals surface area contributed by atoms with Crippen molar-refractivity contribution in [3.05, 3.63) is 36.2 Å². The number of hydrogen-bond acceptors (Lipinski definition) is 6. The van der Waals surface area contributed by atoms with Gasteiger partial charge in [0.15, 0.2) is 11.5 Å². The van der Waals surface area contributed by atoms with Gasteiger partial charge < -0.3 is 24.4 Å². The summed E-state index contributed by atoms with van der Waals surface area (Å²) in [5.41, 5.74) is 1.92. The number of carbonyl (C=O) groups excluding carboxylic acids is 1. The predicted molar refractivity (Wildman–Crippen MR) is 99.7 cm³/mol. The normalized spacial score (nSPS) is 13.4. The van der Waals surface area contributed by atoms with Crippen molar-refractivity contribution in [3.8, 4) is 17.2 Å². The summed E-state index contributed by atoms with van der Waals surface area (Å²) < 4.78 is 15.9. The summed E-state index contributed by atoms with van der Waals surface area (Å²) in [6.07, 6.45) is 4.02. The van der Waals surface area contributed by atoms with Crippen molar-refractivity contribution in [3.63, 3.8) is 0 Å². The lowest BCUT2D eigenvalue weighted by atomic mass is 10.2. The van der Waals surface area contributed by atoms with Crippen LogP contribution in [-0.4, -0.2) is 45.3 Å². The molecule has 0 saturated carbocycles. The summed E-state index contributed by atoms with van der Waals surface area (Å²) in [5, 5.41) is 2.84. The van der Waals surface area contributed by atoms with E-state index in [1.165, 1.54) is 34.2 Å². The Morgan fingerprint density at radius 3 is 2.27 bits per heavy atom. The van der Waals surface area contributed by atoms with Crippen LogP contribution in [0.4, 0.5) is 11.4 Å². The highest BCUT2D eigenvalue weighted by molar-refractivity contribution is 6.03. The largest absolute Gasteiger partial charge is 0.493 e. The molecule has 26 heavy (non-hydrogen) atoms. The smallest absolute Gasteiger partial charge is 0.274 e. The van der Waals surface area contributed by atoms with E-state index in [1.807, 2.05) is 12.1 Å². The second kappa shape index (κ2) is 7.95. The number of nitrogens with one attached hydrogen (secondary N) is 1. The van der Waals surface area contributed by atoms with Gasteiger partial charge in [-0.05, 0) is 25.0 Å². The zero-order valence-electron chi connectivity index (χ0n) is 15.2. The Kier molecular flexibility index (Phi) is 5.46. The standard InChI is InChI=1S/C19H23N3O4/c1-24-16-10-13(11-17(25-2)18(16)26-3)21-19(23)15-12-14(6-7-20-15)22-8-4-5-9-22/h6-7,10-12H,4-5,8-9H2,1-3H3,(H,21,23). The maximum absolute atomic E-state index is 12.6. The van der Waals surface area contributed by atoms with Crippen LogP contribution in [0, 0.1) is 0 Å². The average Bonchev–Trinajstić information content (AvgIpc) is 3.22. The molecular formula is C19H23N3O4. The van der Waals surface area contributed by atoms with Crippen LogP contribution in [0.15, 0.2) is 30.5 Å². The van der Waals surface area contributed by atoms with Crippen LogP contribution in [0.5, 0.6) is 17.2 Å². The van der Waals surface area contributed by atoms with Crippen molar-refractivity contribution in [1.82, 2.24) is 4.98 Å². The van der Waals surface area contributed by atoms with Gasteiger partial charge >= 0.3 is 0 Å². The first-order chi connectivity index (χ1) is 12.7. The summed E-state index contributed by atoms with van der Waals surface area (Å²) in [6, 6.07) is 7.12. The number of anilines is 2. The van der Waals surface area contributed by atoms with Crippen molar-refractivity contribution in [2.75, 3.05) is 44.6 Å². The van der Waals surface area contributed by atoms with Gasteiger partial charge in [-0.2, -0.15) is 0 Å². The molecule has 138 valence electrons. The van der Waals surface area contributed by atoms with E-state index in [4.69, 9.17) is 14.2 Å². The van der Waals surface area contributed by atoms with E-state index in [0.29, 0.717) is 28.6 Å². The molecule has 3 rings (SSSR count). The highest BCUT2D eigenvalue weighted by atomic mass is 16.5. The van der Waals surface area contributed by atoms with Crippen LogP contribution in [0.1, 0.15) is 23.3 Å². The number of nitrogens with zero attached hydrogens (tertiary/aromatic N) is 2. The molecule has 1 amide bonds. The van der Waals surface area contributed by atoms with Crippen LogP contribution in [0.25, 0.3) is 0 Å². The van der Waals surface area contributed by atoms with E-state index in [9.17, 15) is 4.79 Å². The van der Waals surface area contributed by atoms with Crippen LogP contribution in [0.3, 0.4) is 0 Å². The number of ether oxygens (including phenoxy) is 3. The Bertz CT molecular complexity index is 763. The first-order valence-electron chi connectivity index (χ1n) is 8.48. The number of carbonyl (C=O) groups is 1. The van der Waals surface area contributed by atoms with Crippen molar-refractivity contribution >= 4 is 17.3 Å². The summed E-state index contributed by atoms with van der Waals surface area (Å²) in [4.78, 5) is 19.1. The lowest BCUT2D eigenvalue weighted by molar-refractivity contribution is 0.102. The Balaban J connectivity index is 1.82. The van der Waals surface area contributed by atoms with Gasteiger partial charge in [0.25, 0.3) is 5.91 Å². The molecule has 0 spiro atoms. The summed E-state index contributed by atoms with van der Waals surface area (Å²) in [6.45, 7) is 2.02. The molecule has 1 saturated heterocycles. The van der Waals surface area contributed by atoms with Gasteiger partial charge in [0, 0.05) is 42.8 Å². The van der Waals surface area contributed by atoms with Gasteiger partial charge in [-0.3, -0.25) is 9.78 Å². The topological polar surface area (TPSA) is 72.9 Å². The van der Waals surface area contributed by atoms with E-state index in [1.54, 1.807) is 18.3 Å². The van der Waals surface area contributed by atoms with Crippen LogP contribution < -0.4 is 24.4 Å². The van der Waals surface area contributed by atoms with E-state index in [2.05, 4.69) is 15.2 Å². The molecule has 1 N–H and O–H groups in total. The number of pyridine rings is 1. The quantitative estimate of drug-likeness (QED) is 0.857. The maximum atomic E-state index is 12.6. The van der Waals surface area contributed by atoms with Crippen LogP contribution in [0.2, 0.25) is 0 Å². The Morgan fingerprint density at radius 1 is 1.04 bits per heavy atom. The van der Waals surface area contributed by atoms with Crippen LogP contribution in [-0.2, 0) is 0 Å². The summed E-state index contributed by atoms with van der Waals surface area (Å²) >= 11 is 0. The average molecular weight is 357 g/mol. The third kappa shape index (κ3) is 3.66. The minimum Gasteiger partial charge on any atom is -0.493 e. The lowest BCUT2D eigenvalue weighted by Gasteiger charge is -2.18. The number of methoxy groups -OCH3 is 3. The lowest BCUT2D eigenvalue weighted by Crippen LogP contribution is -2.19. The fraction of sp³-hybridized carbons (Fsp3) is 0.368. The van der Waals surface area contributed by atoms with E-state index < -0.39 is 0 Å². The fourth-order valence-electron chi connectivity index (χ4n) is 3.06. The molecular weight excluding hydrogens is 334 g/mol. The van der Waals surface area contributed by atoms with Crippen LogP contribution >= 0.6 is 0 Å². The molecule has 7 nitrogen and oxygen atoms in total. The fourth-order valence-corrected chi connectivity index (χ4v) is 3.06. The highest BCUT2D eigenvalue weighted by Crippen LogP contribution is 2.40. The first-order valence-corrected chi connectivity index (χ1v) is 8.48. The monoisotopic (exact) mass is 357 g/mol. The zero-order valence-corrected chi connectivity index (χ0v) is 15.2. The van der Waals surface area contributed by atoms with Gasteiger partial charge in [0.1, 0.15) is 5.69 Å². The minimum atomic E-state index is -0.291. The second-order valence-corrected chi connectivity index (χ2v) is 5.96. The number of benzene rings is 1. The molecule has 0 atom stereocenters. The SMILES string of the molecule is COc1cc(NC(=O)c2cc(N3CCCC3)ccn2)cc(OC)c1OC. The molecule has 1 aliphatic heterocycles. The second-order valence-electron chi connectivity index (χ2n) is 5.96. The molecule has 1 aromatic carbocycles. The zero-order chi connectivity index (χ0) is 18.5. The minimum absolute atomic E-state index is 0.291. The molecule has 1 aromatic heterocycles. The van der Waals surface area contributed by atoms with E-state index in [-0.39, 0.29) is 5.91 Å². The Labute approximate surface area is 152 Å². The molecule has 2 aromatic rings. The summed E-state index contributed by atoms with van der Waals surface area (Å²) in [5.74, 6) is 1.13. The Morgan fingerprint density at radius 2 is 1.69 bits per heavy atom. The van der Waals surface area contributed by atoms with Crippen molar-refractivity contribution in [2.24, 2.45) is 0 Å². The predicted octanol–water partition coefficient (Wildman–Crippen LogP) is 2.96. The summed E-state index contributed by atoms with van der Waals surface area (Å²) in [7, 11) is 4.60. The van der Waals surface area contributed by atoms with E-state index >= 15 is 0 Å². The van der Waals surface area contributed by atoms with Gasteiger partial charge in [0.2, 0.25) is 5.75 Å². The number of amides is 1. The van der Waals surface area contributed by atoms with Gasteiger partial charge in [-0.1, -0.05) is 0 Å². The third-order valence-electron chi connectivity index (χ3n) is 4.37. The number of aromatic nitrogens is 1. The highest BCUT2D eigenvalue weighted by Gasteiger charge is 2.17. The van der Waals surface area contributed by atoms with Crippen molar-refractivity contribution in [1.29, 1.82) is 0 Å². The molecule has 0 bridgehead atoms. The van der Waals surface area contributed by atoms with Gasteiger partial charge in [-0.15, -0.1) is 0 Å². The van der Waals surface area contributed by atoms with Crippen molar-refractivity contribution < 1.29 is 19.0 Å². The molecule has 0 radical (unpaired) electrons. The molecule has 2 heterocycles. The molecule has 1 fully saturated rings. The number of rotatable bonds is 6. The van der Waals surface area contributed by atoms with E-state index in [0.717, 1.165) is 18.8 Å². The molecule has 7 heteroatoms. The molecule has 0 aliphatic carbocycles. The van der Waals surface area contributed by atoms with Gasteiger partial charge in [0.05, 0.1) is 21.3 Å². The number of hydrogen-bond donors (Lipinski definition) is 1. The Hall–Kier alpha value is -2.96.